The Bertz CT molecular complexity index is 592. The monoisotopic (exact) mass is 349 g/mol. The second-order valence-corrected chi connectivity index (χ2v) is 7.05. The summed E-state index contributed by atoms with van der Waals surface area (Å²) in [5.41, 5.74) is 7.17. The van der Waals surface area contributed by atoms with Crippen LogP contribution in [-0.4, -0.2) is 48.6 Å². The number of benzene rings is 1. The number of amides is 2. The van der Waals surface area contributed by atoms with Gasteiger partial charge in [-0.3, -0.25) is 9.59 Å². The third kappa shape index (κ3) is 4.74. The number of hydrogen-bond donors (Lipinski definition) is 2. The summed E-state index contributed by atoms with van der Waals surface area (Å²) in [4.78, 5) is 27.7. The van der Waals surface area contributed by atoms with Crippen molar-refractivity contribution in [2.75, 3.05) is 25.9 Å². The number of nitrogens with zero attached hydrogens (tertiary/aromatic N) is 1. The first-order valence-corrected chi connectivity index (χ1v) is 9.71. The van der Waals surface area contributed by atoms with Crippen LogP contribution in [0.4, 0.5) is 0 Å². The number of nitrogens with one attached hydrogen (secondary N) is 1. The van der Waals surface area contributed by atoms with Crippen molar-refractivity contribution >= 4 is 23.6 Å². The zero-order valence-corrected chi connectivity index (χ0v) is 15.3. The van der Waals surface area contributed by atoms with Gasteiger partial charge in [-0.2, -0.15) is 0 Å². The van der Waals surface area contributed by atoms with Crippen molar-refractivity contribution in [2.24, 2.45) is 5.73 Å². The minimum Gasteiger partial charge on any atom is -0.354 e. The summed E-state index contributed by atoms with van der Waals surface area (Å²) in [5.74, 6) is 0.0252. The van der Waals surface area contributed by atoms with Gasteiger partial charge in [-0.05, 0) is 50.1 Å². The number of likely N-dealkylation sites (tertiary alicyclic amines) is 1. The number of thioether (sulfide) groups is 1. The Hall–Kier alpha value is -1.53. The Morgan fingerprint density at radius 1 is 1.38 bits per heavy atom. The molecule has 0 spiro atoms. The zero-order chi connectivity index (χ0) is 17.5. The van der Waals surface area contributed by atoms with Crippen LogP contribution in [0.15, 0.2) is 23.1 Å². The molecule has 1 aliphatic rings. The first kappa shape index (κ1) is 18.8. The summed E-state index contributed by atoms with van der Waals surface area (Å²) in [6, 6.07) is 6.07. The van der Waals surface area contributed by atoms with Crippen molar-refractivity contribution < 1.29 is 9.59 Å². The van der Waals surface area contributed by atoms with E-state index in [1.165, 1.54) is 0 Å². The molecule has 2 rings (SSSR count). The summed E-state index contributed by atoms with van der Waals surface area (Å²) >= 11 is 1.64. The Morgan fingerprint density at radius 3 is 2.88 bits per heavy atom. The quantitative estimate of drug-likeness (QED) is 0.772. The summed E-state index contributed by atoms with van der Waals surface area (Å²) in [6.45, 7) is 3.57. The SMILES string of the molecule is CSc1ccc(C)c(C(=O)N2CCCCC2CNC(=O)CCN)c1. The molecule has 0 bridgehead atoms. The van der Waals surface area contributed by atoms with Crippen LogP contribution in [0.1, 0.15) is 41.6 Å². The van der Waals surface area contributed by atoms with Gasteiger partial charge in [0.2, 0.25) is 5.91 Å². The molecule has 1 fully saturated rings. The smallest absolute Gasteiger partial charge is 0.254 e. The molecule has 1 aromatic carbocycles. The average Bonchev–Trinajstić information content (AvgIpc) is 2.60. The third-order valence-electron chi connectivity index (χ3n) is 4.47. The molecule has 0 saturated carbocycles. The molecule has 1 atom stereocenters. The number of carbonyl (C=O) groups excluding carboxylic acids is 2. The predicted molar refractivity (Wildman–Crippen MR) is 98.3 cm³/mol. The molecule has 5 nitrogen and oxygen atoms in total. The lowest BCUT2D eigenvalue weighted by Crippen LogP contribution is -2.49. The van der Waals surface area contributed by atoms with E-state index in [9.17, 15) is 9.59 Å². The average molecular weight is 350 g/mol. The molecule has 132 valence electrons. The van der Waals surface area contributed by atoms with Crippen LogP contribution >= 0.6 is 11.8 Å². The second kappa shape index (κ2) is 9.08. The van der Waals surface area contributed by atoms with E-state index >= 15 is 0 Å². The van der Waals surface area contributed by atoms with E-state index in [2.05, 4.69) is 5.32 Å². The van der Waals surface area contributed by atoms with Crippen molar-refractivity contribution in [3.8, 4) is 0 Å². The highest BCUT2D eigenvalue weighted by Crippen LogP contribution is 2.24. The molecule has 6 heteroatoms. The maximum atomic E-state index is 13.1. The van der Waals surface area contributed by atoms with Crippen LogP contribution in [0, 0.1) is 6.92 Å². The van der Waals surface area contributed by atoms with Gasteiger partial charge in [0.1, 0.15) is 0 Å². The van der Waals surface area contributed by atoms with Crippen LogP contribution in [-0.2, 0) is 4.79 Å². The Kier molecular flexibility index (Phi) is 7.12. The van der Waals surface area contributed by atoms with Gasteiger partial charge < -0.3 is 16.0 Å². The highest BCUT2D eigenvalue weighted by Gasteiger charge is 2.28. The number of hydrogen-bond acceptors (Lipinski definition) is 4. The minimum atomic E-state index is -0.0453. The first-order chi connectivity index (χ1) is 11.6. The number of piperidine rings is 1. The molecule has 1 aromatic rings. The Labute approximate surface area is 148 Å². The standard InChI is InChI=1S/C18H27N3O2S/c1-13-6-7-15(24-2)11-16(13)18(23)21-10-4-3-5-14(21)12-20-17(22)8-9-19/h6-7,11,14H,3-5,8-10,12,19H2,1-2H3,(H,20,22). The first-order valence-electron chi connectivity index (χ1n) is 8.49. The van der Waals surface area contributed by atoms with Crippen LogP contribution in [0.25, 0.3) is 0 Å². The zero-order valence-electron chi connectivity index (χ0n) is 14.5. The van der Waals surface area contributed by atoms with Gasteiger partial charge in [-0.25, -0.2) is 0 Å². The molecule has 2 amide bonds. The lowest BCUT2D eigenvalue weighted by atomic mass is 9.99. The molecule has 3 N–H and O–H groups in total. The van der Waals surface area contributed by atoms with Crippen molar-refractivity contribution in [1.82, 2.24) is 10.2 Å². The van der Waals surface area contributed by atoms with Crippen molar-refractivity contribution in [3.05, 3.63) is 29.3 Å². The van der Waals surface area contributed by atoms with Crippen molar-refractivity contribution in [1.29, 1.82) is 0 Å². The van der Waals surface area contributed by atoms with Crippen LogP contribution in [0.5, 0.6) is 0 Å². The largest absolute Gasteiger partial charge is 0.354 e. The van der Waals surface area contributed by atoms with Gasteiger partial charge in [0, 0.05) is 42.6 Å². The predicted octanol–water partition coefficient (Wildman–Crippen LogP) is 2.18. The van der Waals surface area contributed by atoms with Gasteiger partial charge in [0.05, 0.1) is 0 Å². The molecular weight excluding hydrogens is 322 g/mol. The third-order valence-corrected chi connectivity index (χ3v) is 5.19. The van der Waals surface area contributed by atoms with Gasteiger partial charge in [0.25, 0.3) is 5.91 Å². The maximum absolute atomic E-state index is 13.1. The van der Waals surface area contributed by atoms with E-state index in [1.54, 1.807) is 11.8 Å². The molecule has 1 unspecified atom stereocenters. The van der Waals surface area contributed by atoms with Gasteiger partial charge in [-0.15, -0.1) is 11.8 Å². The van der Waals surface area contributed by atoms with E-state index in [-0.39, 0.29) is 17.9 Å². The fourth-order valence-electron chi connectivity index (χ4n) is 3.04. The molecule has 1 saturated heterocycles. The second-order valence-electron chi connectivity index (χ2n) is 6.17. The molecule has 1 aliphatic heterocycles. The van der Waals surface area contributed by atoms with E-state index in [0.717, 1.165) is 41.8 Å². The number of carbonyl (C=O) groups is 2. The fourth-order valence-corrected chi connectivity index (χ4v) is 3.48. The normalized spacial score (nSPS) is 17.6. The van der Waals surface area contributed by atoms with E-state index < -0.39 is 0 Å². The van der Waals surface area contributed by atoms with E-state index in [0.29, 0.717) is 19.5 Å². The van der Waals surface area contributed by atoms with Gasteiger partial charge in [-0.1, -0.05) is 6.07 Å². The van der Waals surface area contributed by atoms with E-state index in [4.69, 9.17) is 5.73 Å². The van der Waals surface area contributed by atoms with Crippen LogP contribution < -0.4 is 11.1 Å². The van der Waals surface area contributed by atoms with Gasteiger partial charge in [0.15, 0.2) is 0 Å². The lowest BCUT2D eigenvalue weighted by Gasteiger charge is -2.36. The summed E-state index contributed by atoms with van der Waals surface area (Å²) in [7, 11) is 0. The topological polar surface area (TPSA) is 75.4 Å². The number of nitrogens with two attached hydrogens (primary N) is 1. The number of rotatable bonds is 6. The van der Waals surface area contributed by atoms with E-state index in [1.807, 2.05) is 36.3 Å². The summed E-state index contributed by atoms with van der Waals surface area (Å²) in [6.07, 6.45) is 5.37. The molecule has 0 radical (unpaired) electrons. The Balaban J connectivity index is 2.11. The molecular formula is C18H27N3O2S. The van der Waals surface area contributed by atoms with Crippen LogP contribution in [0.3, 0.4) is 0 Å². The highest BCUT2D eigenvalue weighted by molar-refractivity contribution is 7.98. The van der Waals surface area contributed by atoms with Crippen LogP contribution in [0.2, 0.25) is 0 Å². The highest BCUT2D eigenvalue weighted by atomic mass is 32.2. The van der Waals surface area contributed by atoms with Gasteiger partial charge >= 0.3 is 0 Å². The van der Waals surface area contributed by atoms with Crippen molar-refractivity contribution in [3.63, 3.8) is 0 Å². The van der Waals surface area contributed by atoms with Crippen molar-refractivity contribution in [2.45, 2.75) is 43.5 Å². The maximum Gasteiger partial charge on any atom is 0.254 e. The fraction of sp³-hybridized carbons (Fsp3) is 0.556. The Morgan fingerprint density at radius 2 is 2.17 bits per heavy atom. The summed E-state index contributed by atoms with van der Waals surface area (Å²) < 4.78 is 0. The summed E-state index contributed by atoms with van der Waals surface area (Å²) in [5, 5.41) is 2.91. The number of aryl methyl sites for hydroxylation is 1. The molecule has 24 heavy (non-hydrogen) atoms. The molecule has 0 aromatic heterocycles. The molecule has 1 heterocycles. The lowest BCUT2D eigenvalue weighted by molar-refractivity contribution is -0.121. The molecule has 0 aliphatic carbocycles. The minimum absolute atomic E-state index is 0.0453.